The van der Waals surface area contributed by atoms with E-state index in [0.29, 0.717) is 0 Å². The summed E-state index contributed by atoms with van der Waals surface area (Å²) in [4.78, 5) is 12.0. The average Bonchev–Trinajstić information content (AvgIpc) is 3.04. The van der Waals surface area contributed by atoms with Crippen molar-refractivity contribution in [3.05, 3.63) is 47.9 Å². The molecule has 2 N–H and O–H groups in total. The average molecular weight is 240 g/mol. The third kappa shape index (κ3) is 1.44. The van der Waals surface area contributed by atoms with Gasteiger partial charge < -0.3 is 9.40 Å². The second-order valence-electron chi connectivity index (χ2n) is 4.49. The number of fused-ring (bicyclic) bond motifs is 2. The van der Waals surface area contributed by atoms with E-state index in [4.69, 9.17) is 4.42 Å². The van der Waals surface area contributed by atoms with Crippen molar-refractivity contribution in [1.29, 1.82) is 0 Å². The highest BCUT2D eigenvalue weighted by Crippen LogP contribution is 2.26. The number of rotatable bonds is 1. The van der Waals surface area contributed by atoms with E-state index >= 15 is 0 Å². The predicted octanol–water partition coefficient (Wildman–Crippen LogP) is 1.94. The van der Waals surface area contributed by atoms with Gasteiger partial charge in [-0.2, -0.15) is 0 Å². The Morgan fingerprint density at radius 3 is 3.17 bits per heavy atom. The van der Waals surface area contributed by atoms with Crippen molar-refractivity contribution >= 4 is 11.1 Å². The number of H-pyrrole nitrogens is 1. The Morgan fingerprint density at radius 2 is 2.22 bits per heavy atom. The predicted molar refractivity (Wildman–Crippen MR) is 65.9 cm³/mol. The molecule has 0 amide bonds. The number of nitrogens with zero attached hydrogens (tertiary/aromatic N) is 2. The molecule has 1 atom stereocenters. The molecule has 4 rings (SSSR count). The molecule has 0 saturated heterocycles. The van der Waals surface area contributed by atoms with Gasteiger partial charge >= 0.3 is 0 Å². The van der Waals surface area contributed by atoms with Crippen LogP contribution in [0, 0.1) is 0 Å². The summed E-state index contributed by atoms with van der Waals surface area (Å²) in [5.41, 5.74) is 3.99. The van der Waals surface area contributed by atoms with Gasteiger partial charge in [0.2, 0.25) is 5.89 Å². The highest BCUT2D eigenvalue weighted by molar-refractivity contribution is 5.72. The lowest BCUT2D eigenvalue weighted by molar-refractivity contribution is 0.391. The molecule has 90 valence electrons. The Labute approximate surface area is 103 Å². The fourth-order valence-electron chi connectivity index (χ4n) is 2.38. The first-order valence-corrected chi connectivity index (χ1v) is 6.00. The van der Waals surface area contributed by atoms with E-state index in [1.165, 1.54) is 0 Å². The molecule has 3 heterocycles. The highest BCUT2D eigenvalue weighted by Gasteiger charge is 2.25. The van der Waals surface area contributed by atoms with Gasteiger partial charge in [0.05, 0.1) is 23.8 Å². The quantitative estimate of drug-likeness (QED) is 0.682. The summed E-state index contributed by atoms with van der Waals surface area (Å²) in [6, 6.07) is 7.93. The molecule has 3 aromatic rings. The fourth-order valence-corrected chi connectivity index (χ4v) is 2.38. The van der Waals surface area contributed by atoms with E-state index in [9.17, 15) is 0 Å². The molecule has 0 aliphatic carbocycles. The molecule has 1 unspecified atom stereocenters. The van der Waals surface area contributed by atoms with Crippen LogP contribution in [-0.4, -0.2) is 15.0 Å². The van der Waals surface area contributed by atoms with E-state index in [1.807, 2.05) is 24.3 Å². The van der Waals surface area contributed by atoms with E-state index in [1.54, 1.807) is 6.33 Å². The molecule has 0 radical (unpaired) electrons. The van der Waals surface area contributed by atoms with Crippen LogP contribution in [0.5, 0.6) is 0 Å². The maximum absolute atomic E-state index is 5.79. The van der Waals surface area contributed by atoms with E-state index in [-0.39, 0.29) is 6.04 Å². The number of aromatic amines is 1. The van der Waals surface area contributed by atoms with Crippen molar-refractivity contribution in [2.24, 2.45) is 0 Å². The topological polar surface area (TPSA) is 66.7 Å². The largest absolute Gasteiger partial charge is 0.439 e. The van der Waals surface area contributed by atoms with Crippen molar-refractivity contribution in [3.8, 4) is 0 Å². The maximum atomic E-state index is 5.79. The van der Waals surface area contributed by atoms with Crippen LogP contribution in [0.1, 0.15) is 23.3 Å². The van der Waals surface area contributed by atoms with Gasteiger partial charge in [-0.05, 0) is 12.1 Å². The zero-order valence-corrected chi connectivity index (χ0v) is 9.68. The molecule has 5 nitrogen and oxygen atoms in total. The number of hydrogen-bond donors (Lipinski definition) is 2. The van der Waals surface area contributed by atoms with Crippen molar-refractivity contribution < 1.29 is 4.42 Å². The maximum Gasteiger partial charge on any atom is 0.213 e. The number of aromatic nitrogens is 3. The molecule has 18 heavy (non-hydrogen) atoms. The first-order chi connectivity index (χ1) is 8.90. The fraction of sp³-hybridized carbons (Fsp3) is 0.231. The molecule has 5 heteroatoms. The van der Waals surface area contributed by atoms with Gasteiger partial charge in [-0.1, -0.05) is 12.1 Å². The van der Waals surface area contributed by atoms with Crippen molar-refractivity contribution in [2.45, 2.75) is 19.0 Å². The zero-order chi connectivity index (χ0) is 11.9. The van der Waals surface area contributed by atoms with Gasteiger partial charge in [-0.25, -0.2) is 9.97 Å². The molecule has 0 bridgehead atoms. The van der Waals surface area contributed by atoms with E-state index in [2.05, 4.69) is 20.3 Å². The molecule has 0 spiro atoms. The van der Waals surface area contributed by atoms with Crippen LogP contribution in [0.2, 0.25) is 0 Å². The standard InChI is InChI=1S/C13H12N4O/c1-2-4-12-8(3-1)17-13(18-12)10-5-9-11(6-14-10)16-7-15-9/h1-4,7,10,14H,5-6H2,(H,15,16). The summed E-state index contributed by atoms with van der Waals surface area (Å²) in [7, 11) is 0. The summed E-state index contributed by atoms with van der Waals surface area (Å²) in [6.07, 6.45) is 2.55. The minimum atomic E-state index is 0.105. The first-order valence-electron chi connectivity index (χ1n) is 6.00. The molecule has 2 aromatic heterocycles. The van der Waals surface area contributed by atoms with Crippen LogP contribution in [0.15, 0.2) is 35.0 Å². The minimum absolute atomic E-state index is 0.105. The molecule has 0 saturated carbocycles. The van der Waals surface area contributed by atoms with Crippen molar-refractivity contribution in [1.82, 2.24) is 20.3 Å². The molecule has 1 aromatic carbocycles. The van der Waals surface area contributed by atoms with E-state index < -0.39 is 0 Å². The number of benzene rings is 1. The van der Waals surface area contributed by atoms with Gasteiger partial charge in [0.15, 0.2) is 5.58 Å². The lowest BCUT2D eigenvalue weighted by atomic mass is 10.1. The summed E-state index contributed by atoms with van der Waals surface area (Å²) in [5.74, 6) is 0.741. The van der Waals surface area contributed by atoms with Gasteiger partial charge in [0.25, 0.3) is 0 Å². The smallest absolute Gasteiger partial charge is 0.213 e. The van der Waals surface area contributed by atoms with Crippen LogP contribution >= 0.6 is 0 Å². The summed E-state index contributed by atoms with van der Waals surface area (Å²) < 4.78 is 5.79. The SMILES string of the molecule is c1ccc2oc(C3Cc4nc[nH]c4CN3)nc2c1. The number of oxazole rings is 1. The highest BCUT2D eigenvalue weighted by atomic mass is 16.3. The monoisotopic (exact) mass is 240 g/mol. The lowest BCUT2D eigenvalue weighted by Crippen LogP contribution is -2.28. The normalized spacial score (nSPS) is 19.0. The number of nitrogens with one attached hydrogen (secondary N) is 2. The van der Waals surface area contributed by atoms with Crippen LogP contribution in [0.25, 0.3) is 11.1 Å². The first kappa shape index (κ1) is 9.85. The molecule has 0 fully saturated rings. The minimum Gasteiger partial charge on any atom is -0.439 e. The van der Waals surface area contributed by atoms with Crippen molar-refractivity contribution in [3.63, 3.8) is 0 Å². The third-order valence-electron chi connectivity index (χ3n) is 3.34. The third-order valence-corrected chi connectivity index (χ3v) is 3.34. The van der Waals surface area contributed by atoms with Crippen LogP contribution < -0.4 is 5.32 Å². The zero-order valence-electron chi connectivity index (χ0n) is 9.68. The van der Waals surface area contributed by atoms with E-state index in [0.717, 1.165) is 41.3 Å². The van der Waals surface area contributed by atoms with Gasteiger partial charge in [0.1, 0.15) is 5.52 Å². The molecular formula is C13H12N4O. The van der Waals surface area contributed by atoms with Gasteiger partial charge in [-0.15, -0.1) is 0 Å². The van der Waals surface area contributed by atoms with Crippen LogP contribution in [0.4, 0.5) is 0 Å². The second kappa shape index (κ2) is 3.68. The summed E-state index contributed by atoms with van der Waals surface area (Å²) >= 11 is 0. The van der Waals surface area contributed by atoms with Crippen LogP contribution in [-0.2, 0) is 13.0 Å². The summed E-state index contributed by atoms with van der Waals surface area (Å²) in [5, 5.41) is 3.41. The van der Waals surface area contributed by atoms with Gasteiger partial charge in [0, 0.05) is 13.0 Å². The van der Waals surface area contributed by atoms with Gasteiger partial charge in [-0.3, -0.25) is 5.32 Å². The molecule has 1 aliphatic rings. The molecular weight excluding hydrogens is 228 g/mol. The van der Waals surface area contributed by atoms with Crippen molar-refractivity contribution in [2.75, 3.05) is 0 Å². The Balaban J connectivity index is 1.72. The number of hydrogen-bond acceptors (Lipinski definition) is 4. The lowest BCUT2D eigenvalue weighted by Gasteiger charge is -2.19. The number of imidazole rings is 1. The Hall–Kier alpha value is -2.14. The second-order valence-corrected chi connectivity index (χ2v) is 4.49. The number of para-hydroxylation sites is 2. The Morgan fingerprint density at radius 1 is 1.28 bits per heavy atom. The Bertz CT molecular complexity index is 667. The Kier molecular flexibility index (Phi) is 2.01. The summed E-state index contributed by atoms with van der Waals surface area (Å²) in [6.45, 7) is 0.777. The van der Waals surface area contributed by atoms with Crippen LogP contribution in [0.3, 0.4) is 0 Å². The molecule has 1 aliphatic heterocycles.